The molecular weight excluding hydrogens is 460 g/mol. The van der Waals surface area contributed by atoms with Crippen molar-refractivity contribution in [2.45, 2.75) is 25.4 Å². The lowest BCUT2D eigenvalue weighted by Gasteiger charge is -2.19. The van der Waals surface area contributed by atoms with Gasteiger partial charge >= 0.3 is 5.97 Å². The maximum absolute atomic E-state index is 13.0. The number of methoxy groups -OCH3 is 1. The van der Waals surface area contributed by atoms with Crippen molar-refractivity contribution in [1.29, 1.82) is 0 Å². The van der Waals surface area contributed by atoms with Crippen LogP contribution in [0.1, 0.15) is 45.7 Å². The Morgan fingerprint density at radius 3 is 2.33 bits per heavy atom. The summed E-state index contributed by atoms with van der Waals surface area (Å²) in [7, 11) is 1.46. The number of hydrogen-bond acceptors (Lipinski definition) is 7. The molecule has 0 saturated carbocycles. The lowest BCUT2D eigenvalue weighted by molar-refractivity contribution is -0.121. The molecule has 36 heavy (non-hydrogen) atoms. The molecule has 1 N–H and O–H groups in total. The zero-order valence-corrected chi connectivity index (χ0v) is 20.0. The number of carbonyl (C=O) groups is 4. The Bertz CT molecular complexity index is 1270. The van der Waals surface area contributed by atoms with E-state index in [9.17, 15) is 19.2 Å². The molecule has 2 amide bonds. The van der Waals surface area contributed by atoms with E-state index in [0.717, 1.165) is 10.5 Å². The predicted octanol–water partition coefficient (Wildman–Crippen LogP) is 3.72. The van der Waals surface area contributed by atoms with E-state index in [4.69, 9.17) is 9.47 Å². The van der Waals surface area contributed by atoms with Crippen molar-refractivity contribution in [1.82, 2.24) is 5.32 Å². The summed E-state index contributed by atoms with van der Waals surface area (Å²) in [6.45, 7) is 1.49. The zero-order chi connectivity index (χ0) is 25.7. The van der Waals surface area contributed by atoms with Crippen LogP contribution in [0, 0.1) is 0 Å². The molecule has 1 saturated heterocycles. The standard InChI is InChI=1S/C28H26N2O6/c1-18(19-8-4-3-5-9-19)29-23-16-26(32)30(27(23)33)21-14-12-20(13-15-21)28(34)36-17-24(31)22-10-6-7-11-25(22)35-2/h3-15,18,23,29H,16-17H2,1-2H3. The van der Waals surface area contributed by atoms with Crippen molar-refractivity contribution in [3.8, 4) is 5.75 Å². The molecule has 8 nitrogen and oxygen atoms in total. The molecule has 0 bridgehead atoms. The SMILES string of the molecule is COc1ccccc1C(=O)COC(=O)c1ccc(N2C(=O)CC(NC(C)c3ccccc3)C2=O)cc1. The van der Waals surface area contributed by atoms with Gasteiger partial charge in [0.25, 0.3) is 5.91 Å². The highest BCUT2D eigenvalue weighted by atomic mass is 16.5. The lowest BCUT2D eigenvalue weighted by Crippen LogP contribution is -2.40. The van der Waals surface area contributed by atoms with Gasteiger partial charge in [-0.05, 0) is 48.9 Å². The van der Waals surface area contributed by atoms with Crippen LogP contribution in [0.4, 0.5) is 5.69 Å². The molecule has 1 heterocycles. The van der Waals surface area contributed by atoms with Crippen LogP contribution in [-0.4, -0.2) is 43.3 Å². The highest BCUT2D eigenvalue weighted by Gasteiger charge is 2.40. The minimum absolute atomic E-state index is 0.0465. The summed E-state index contributed by atoms with van der Waals surface area (Å²) >= 11 is 0. The highest BCUT2D eigenvalue weighted by molar-refractivity contribution is 6.22. The molecule has 2 atom stereocenters. The summed E-state index contributed by atoms with van der Waals surface area (Å²) in [5, 5.41) is 3.23. The van der Waals surface area contributed by atoms with Crippen molar-refractivity contribution in [2.75, 3.05) is 18.6 Å². The number of rotatable bonds is 9. The first-order chi connectivity index (χ1) is 17.4. The second kappa shape index (κ2) is 11.0. The van der Waals surface area contributed by atoms with Gasteiger partial charge in [0.1, 0.15) is 5.75 Å². The first-order valence-corrected chi connectivity index (χ1v) is 11.5. The number of ketones is 1. The average molecular weight is 487 g/mol. The molecular formula is C28H26N2O6. The Kier molecular flexibility index (Phi) is 7.56. The summed E-state index contributed by atoms with van der Waals surface area (Å²) in [5.41, 5.74) is 1.89. The molecule has 1 fully saturated rings. The molecule has 0 aromatic heterocycles. The van der Waals surface area contributed by atoms with E-state index in [1.54, 1.807) is 24.3 Å². The fraction of sp³-hybridized carbons (Fsp3) is 0.214. The van der Waals surface area contributed by atoms with Gasteiger partial charge in [-0.2, -0.15) is 0 Å². The van der Waals surface area contributed by atoms with E-state index in [-0.39, 0.29) is 29.8 Å². The summed E-state index contributed by atoms with van der Waals surface area (Å²) in [6, 6.07) is 21.5. The Balaban J connectivity index is 1.37. The van der Waals surface area contributed by atoms with Gasteiger partial charge in [0.15, 0.2) is 6.61 Å². The van der Waals surface area contributed by atoms with Crippen LogP contribution in [0.3, 0.4) is 0 Å². The number of carbonyl (C=O) groups excluding carboxylic acids is 4. The molecule has 3 aromatic rings. The van der Waals surface area contributed by atoms with E-state index >= 15 is 0 Å². The van der Waals surface area contributed by atoms with Gasteiger partial charge in [0.05, 0.1) is 36.4 Å². The summed E-state index contributed by atoms with van der Waals surface area (Å²) in [6.07, 6.45) is 0.0465. The number of nitrogens with zero attached hydrogens (tertiary/aromatic N) is 1. The second-order valence-electron chi connectivity index (χ2n) is 8.37. The molecule has 0 aliphatic carbocycles. The van der Waals surface area contributed by atoms with Crippen LogP contribution in [0.15, 0.2) is 78.9 Å². The van der Waals surface area contributed by atoms with Crippen molar-refractivity contribution in [2.24, 2.45) is 0 Å². The van der Waals surface area contributed by atoms with Gasteiger partial charge in [-0.25, -0.2) is 9.69 Å². The van der Waals surface area contributed by atoms with Gasteiger partial charge in [-0.15, -0.1) is 0 Å². The number of amides is 2. The van der Waals surface area contributed by atoms with E-state index < -0.39 is 24.4 Å². The van der Waals surface area contributed by atoms with Gasteiger partial charge in [0.2, 0.25) is 11.7 Å². The third kappa shape index (κ3) is 5.34. The summed E-state index contributed by atoms with van der Waals surface area (Å²) in [5.74, 6) is -1.36. The number of Topliss-reactive ketones (excluding diaryl/α,β-unsaturated/α-hetero) is 1. The number of esters is 1. The van der Waals surface area contributed by atoms with Gasteiger partial charge in [0, 0.05) is 6.04 Å². The highest BCUT2D eigenvalue weighted by Crippen LogP contribution is 2.25. The number of imide groups is 1. The Hall–Kier alpha value is -4.30. The van der Waals surface area contributed by atoms with Crippen LogP contribution in [0.2, 0.25) is 0 Å². The molecule has 1 aliphatic heterocycles. The molecule has 1 aliphatic rings. The topological polar surface area (TPSA) is 102 Å². The monoisotopic (exact) mass is 486 g/mol. The van der Waals surface area contributed by atoms with Crippen LogP contribution in [-0.2, 0) is 14.3 Å². The normalized spacial score (nSPS) is 16.1. The van der Waals surface area contributed by atoms with Crippen molar-refractivity contribution >= 4 is 29.3 Å². The smallest absolute Gasteiger partial charge is 0.338 e. The third-order valence-corrected chi connectivity index (χ3v) is 6.00. The van der Waals surface area contributed by atoms with Crippen molar-refractivity contribution in [3.05, 3.63) is 95.6 Å². The number of nitrogens with one attached hydrogen (secondary N) is 1. The first kappa shape index (κ1) is 24.8. The molecule has 184 valence electrons. The number of ether oxygens (including phenoxy) is 2. The van der Waals surface area contributed by atoms with Gasteiger partial charge in [-0.3, -0.25) is 19.7 Å². The Labute approximate surface area is 208 Å². The second-order valence-corrected chi connectivity index (χ2v) is 8.37. The van der Waals surface area contributed by atoms with Crippen LogP contribution < -0.4 is 15.0 Å². The predicted molar refractivity (Wildman–Crippen MR) is 133 cm³/mol. The zero-order valence-electron chi connectivity index (χ0n) is 20.0. The van der Waals surface area contributed by atoms with Gasteiger partial charge in [-0.1, -0.05) is 42.5 Å². The third-order valence-electron chi connectivity index (χ3n) is 6.00. The number of anilines is 1. The number of benzene rings is 3. The van der Waals surface area contributed by atoms with Crippen molar-refractivity contribution in [3.63, 3.8) is 0 Å². The molecule has 2 unspecified atom stereocenters. The lowest BCUT2D eigenvalue weighted by atomic mass is 10.1. The molecule has 0 radical (unpaired) electrons. The maximum Gasteiger partial charge on any atom is 0.338 e. The molecule has 4 rings (SSSR count). The largest absolute Gasteiger partial charge is 0.496 e. The van der Waals surface area contributed by atoms with E-state index in [0.29, 0.717) is 17.0 Å². The van der Waals surface area contributed by atoms with Gasteiger partial charge < -0.3 is 9.47 Å². The maximum atomic E-state index is 13.0. The quantitative estimate of drug-likeness (QED) is 0.279. The van der Waals surface area contributed by atoms with Crippen LogP contribution in [0.5, 0.6) is 5.75 Å². The van der Waals surface area contributed by atoms with Crippen LogP contribution >= 0.6 is 0 Å². The number of hydrogen-bond donors (Lipinski definition) is 1. The van der Waals surface area contributed by atoms with Crippen molar-refractivity contribution < 1.29 is 28.7 Å². The van der Waals surface area contributed by atoms with Crippen LogP contribution in [0.25, 0.3) is 0 Å². The minimum atomic E-state index is -0.694. The summed E-state index contributed by atoms with van der Waals surface area (Å²) < 4.78 is 10.3. The molecule has 8 heteroatoms. The number of para-hydroxylation sites is 1. The Morgan fingerprint density at radius 2 is 1.64 bits per heavy atom. The molecule has 3 aromatic carbocycles. The fourth-order valence-electron chi connectivity index (χ4n) is 4.09. The van der Waals surface area contributed by atoms with E-state index in [2.05, 4.69) is 5.32 Å². The summed E-state index contributed by atoms with van der Waals surface area (Å²) in [4.78, 5) is 51.6. The molecule has 0 spiro atoms. The fourth-order valence-corrected chi connectivity index (χ4v) is 4.09. The van der Waals surface area contributed by atoms with E-state index in [1.807, 2.05) is 37.3 Å². The minimum Gasteiger partial charge on any atom is -0.496 e. The van der Waals surface area contributed by atoms with E-state index in [1.165, 1.54) is 31.4 Å². The Morgan fingerprint density at radius 1 is 0.972 bits per heavy atom. The first-order valence-electron chi connectivity index (χ1n) is 11.5. The average Bonchev–Trinajstić information content (AvgIpc) is 3.19.